The fourth-order valence-corrected chi connectivity index (χ4v) is 2.46. The Labute approximate surface area is 112 Å². The zero-order valence-corrected chi connectivity index (χ0v) is 11.4. The summed E-state index contributed by atoms with van der Waals surface area (Å²) < 4.78 is 34.6. The number of aromatic nitrogens is 2. The van der Waals surface area contributed by atoms with Crippen molar-refractivity contribution in [2.45, 2.75) is 25.5 Å². The normalized spacial score (nSPS) is 13.5. The molecule has 0 N–H and O–H groups in total. The summed E-state index contributed by atoms with van der Waals surface area (Å²) in [4.78, 5) is 3.92. The van der Waals surface area contributed by atoms with Crippen molar-refractivity contribution in [1.29, 1.82) is 0 Å². The van der Waals surface area contributed by atoms with Crippen LogP contribution >= 0.6 is 0 Å². The molecule has 2 heterocycles. The van der Waals surface area contributed by atoms with Crippen molar-refractivity contribution in [3.8, 4) is 0 Å². The minimum absolute atomic E-state index is 0.436. The van der Waals surface area contributed by atoms with E-state index in [9.17, 15) is 8.42 Å². The first-order valence-electron chi connectivity index (χ1n) is 5.89. The van der Waals surface area contributed by atoms with Crippen molar-refractivity contribution in [2.75, 3.05) is 6.26 Å². The summed E-state index contributed by atoms with van der Waals surface area (Å²) in [5, 5.41) is 0. The molecule has 6 nitrogen and oxygen atoms in total. The van der Waals surface area contributed by atoms with Gasteiger partial charge in [-0.1, -0.05) is 0 Å². The number of hydrogen-bond acceptors (Lipinski definition) is 5. The third-order valence-electron chi connectivity index (χ3n) is 2.58. The van der Waals surface area contributed by atoms with Crippen molar-refractivity contribution >= 4 is 10.1 Å². The zero-order valence-electron chi connectivity index (χ0n) is 10.6. The molecular formula is C12H16N2O4S. The summed E-state index contributed by atoms with van der Waals surface area (Å²) in [5.74, 6) is 0.813. The van der Waals surface area contributed by atoms with Crippen molar-refractivity contribution < 1.29 is 17.0 Å². The van der Waals surface area contributed by atoms with E-state index in [1.165, 1.54) is 0 Å². The molecule has 1 atom stereocenters. The monoisotopic (exact) mass is 284 g/mol. The maximum Gasteiger partial charge on any atom is 0.264 e. The number of aryl methyl sites for hydroxylation is 1. The van der Waals surface area contributed by atoms with Crippen LogP contribution in [0.15, 0.2) is 41.5 Å². The molecule has 0 fully saturated rings. The van der Waals surface area contributed by atoms with Crippen LogP contribution in [0.2, 0.25) is 0 Å². The number of nitrogens with zero attached hydrogens (tertiary/aromatic N) is 2. The molecule has 104 valence electrons. The Hall–Kier alpha value is -1.60. The molecule has 19 heavy (non-hydrogen) atoms. The predicted octanol–water partition coefficient (Wildman–Crippen LogP) is 1.45. The van der Waals surface area contributed by atoms with Gasteiger partial charge < -0.3 is 8.98 Å². The first-order chi connectivity index (χ1) is 9.03. The Morgan fingerprint density at radius 1 is 1.53 bits per heavy atom. The van der Waals surface area contributed by atoms with Crippen LogP contribution in [0.3, 0.4) is 0 Å². The fourth-order valence-electron chi connectivity index (χ4n) is 1.80. The van der Waals surface area contributed by atoms with Crippen LogP contribution in [-0.2, 0) is 27.3 Å². The highest BCUT2D eigenvalue weighted by Gasteiger charge is 2.16. The van der Waals surface area contributed by atoms with Gasteiger partial charge in [0.1, 0.15) is 5.76 Å². The van der Waals surface area contributed by atoms with Gasteiger partial charge in [0.2, 0.25) is 0 Å². The van der Waals surface area contributed by atoms with Gasteiger partial charge in [-0.05, 0) is 18.6 Å². The van der Waals surface area contributed by atoms with E-state index in [-0.39, 0.29) is 0 Å². The average Bonchev–Trinajstić information content (AvgIpc) is 2.96. The standard InChI is InChI=1S/C12H16N2O4S/c1-19(15,16)18-12(9-14-7-6-13-10-14)5-4-11-3-2-8-17-11/h2-3,6-8,10,12H,4-5,9H2,1H3. The molecule has 0 aliphatic carbocycles. The van der Waals surface area contributed by atoms with Gasteiger partial charge in [-0.2, -0.15) is 8.42 Å². The second-order valence-corrected chi connectivity index (χ2v) is 5.90. The molecule has 1 unspecified atom stereocenters. The Balaban J connectivity index is 1.97. The number of hydrogen-bond donors (Lipinski definition) is 0. The first-order valence-corrected chi connectivity index (χ1v) is 7.71. The van der Waals surface area contributed by atoms with Crippen LogP contribution in [0.1, 0.15) is 12.2 Å². The SMILES string of the molecule is CS(=O)(=O)OC(CCc1ccco1)Cn1ccnc1. The topological polar surface area (TPSA) is 74.3 Å². The summed E-state index contributed by atoms with van der Waals surface area (Å²) in [6.07, 6.45) is 8.44. The zero-order chi connectivity index (χ0) is 13.7. The molecule has 0 radical (unpaired) electrons. The molecule has 0 amide bonds. The summed E-state index contributed by atoms with van der Waals surface area (Å²) in [5.41, 5.74) is 0. The predicted molar refractivity (Wildman–Crippen MR) is 69.0 cm³/mol. The Morgan fingerprint density at radius 2 is 2.37 bits per heavy atom. The smallest absolute Gasteiger partial charge is 0.264 e. The molecule has 0 aliphatic heterocycles. The van der Waals surface area contributed by atoms with E-state index >= 15 is 0 Å². The Morgan fingerprint density at radius 3 is 2.95 bits per heavy atom. The average molecular weight is 284 g/mol. The second kappa shape index (κ2) is 6.03. The number of furan rings is 1. The summed E-state index contributed by atoms with van der Waals surface area (Å²) in [7, 11) is -3.48. The van der Waals surface area contributed by atoms with Crippen LogP contribution in [0.4, 0.5) is 0 Å². The maximum atomic E-state index is 11.3. The lowest BCUT2D eigenvalue weighted by molar-refractivity contribution is 0.177. The van der Waals surface area contributed by atoms with Crippen LogP contribution in [0, 0.1) is 0 Å². The maximum absolute atomic E-state index is 11.3. The summed E-state index contributed by atoms with van der Waals surface area (Å²) in [6.45, 7) is 0.438. The molecule has 2 aromatic heterocycles. The molecule has 0 aromatic carbocycles. The van der Waals surface area contributed by atoms with Gasteiger partial charge in [0.25, 0.3) is 10.1 Å². The van der Waals surface area contributed by atoms with E-state index in [0.29, 0.717) is 19.4 Å². The summed E-state index contributed by atoms with van der Waals surface area (Å²) in [6, 6.07) is 3.66. The number of imidazole rings is 1. The molecule has 0 saturated carbocycles. The Bertz CT molecular complexity index is 575. The Kier molecular flexibility index (Phi) is 4.39. The van der Waals surface area contributed by atoms with Crippen molar-refractivity contribution in [3.63, 3.8) is 0 Å². The van der Waals surface area contributed by atoms with Crippen molar-refractivity contribution in [2.24, 2.45) is 0 Å². The van der Waals surface area contributed by atoms with E-state index in [1.807, 2.05) is 6.07 Å². The number of rotatable bonds is 7. The lowest BCUT2D eigenvalue weighted by Crippen LogP contribution is -2.23. The molecular weight excluding hydrogens is 268 g/mol. The molecule has 0 bridgehead atoms. The minimum Gasteiger partial charge on any atom is -0.469 e. The second-order valence-electron chi connectivity index (χ2n) is 4.30. The molecule has 2 rings (SSSR count). The highest BCUT2D eigenvalue weighted by molar-refractivity contribution is 7.86. The molecule has 2 aromatic rings. The van der Waals surface area contributed by atoms with Gasteiger partial charge in [-0.25, -0.2) is 4.98 Å². The van der Waals surface area contributed by atoms with Gasteiger partial charge in [0.15, 0.2) is 0 Å². The van der Waals surface area contributed by atoms with E-state index in [2.05, 4.69) is 4.98 Å². The van der Waals surface area contributed by atoms with Crippen LogP contribution in [-0.4, -0.2) is 30.3 Å². The van der Waals surface area contributed by atoms with Gasteiger partial charge in [-0.15, -0.1) is 0 Å². The van der Waals surface area contributed by atoms with E-state index in [4.69, 9.17) is 8.60 Å². The third-order valence-corrected chi connectivity index (χ3v) is 3.20. The van der Waals surface area contributed by atoms with E-state index in [0.717, 1.165) is 12.0 Å². The summed E-state index contributed by atoms with van der Waals surface area (Å²) >= 11 is 0. The van der Waals surface area contributed by atoms with E-state index < -0.39 is 16.2 Å². The first kappa shape index (κ1) is 13.8. The quantitative estimate of drug-likeness (QED) is 0.719. The molecule has 0 aliphatic rings. The van der Waals surface area contributed by atoms with Gasteiger partial charge in [0.05, 0.1) is 31.5 Å². The van der Waals surface area contributed by atoms with Crippen molar-refractivity contribution in [1.82, 2.24) is 9.55 Å². The largest absolute Gasteiger partial charge is 0.469 e. The van der Waals surface area contributed by atoms with E-state index in [1.54, 1.807) is 35.6 Å². The molecule has 0 saturated heterocycles. The van der Waals surface area contributed by atoms with Crippen molar-refractivity contribution in [3.05, 3.63) is 42.9 Å². The minimum atomic E-state index is -3.48. The fraction of sp³-hybridized carbons (Fsp3) is 0.417. The highest BCUT2D eigenvalue weighted by atomic mass is 32.2. The third kappa shape index (κ3) is 4.88. The van der Waals surface area contributed by atoms with Gasteiger partial charge in [0, 0.05) is 18.8 Å². The lowest BCUT2D eigenvalue weighted by Gasteiger charge is -2.16. The van der Waals surface area contributed by atoms with Gasteiger partial charge in [-0.3, -0.25) is 4.18 Å². The van der Waals surface area contributed by atoms with Crippen LogP contribution in [0.25, 0.3) is 0 Å². The van der Waals surface area contributed by atoms with Crippen LogP contribution in [0.5, 0.6) is 0 Å². The van der Waals surface area contributed by atoms with Gasteiger partial charge >= 0.3 is 0 Å². The highest BCUT2D eigenvalue weighted by Crippen LogP contribution is 2.12. The molecule has 7 heteroatoms. The van der Waals surface area contributed by atoms with Crippen LogP contribution < -0.4 is 0 Å². The lowest BCUT2D eigenvalue weighted by atomic mass is 10.1. The molecule has 0 spiro atoms.